The Hall–Kier alpha value is -5.75. The maximum Gasteiger partial charge on any atom is 0.217 e. The fraction of sp³-hybridized carbons (Fsp3) is 0.300. The molecule has 4 heterocycles. The lowest BCUT2D eigenvalue weighted by atomic mass is 9.72. The van der Waals surface area contributed by atoms with Crippen molar-refractivity contribution in [2.24, 2.45) is 10.9 Å². The number of benzene rings is 4. The molecule has 0 aliphatic carbocycles. The predicted octanol–water partition coefficient (Wildman–Crippen LogP) is 12.7. The monoisotopic (exact) mass is 740 g/mol. The largest absolute Gasteiger partial charge is 0.464 e. The van der Waals surface area contributed by atoms with Crippen LogP contribution >= 0.6 is 0 Å². The molecule has 1 aliphatic heterocycles. The highest BCUT2D eigenvalue weighted by Crippen LogP contribution is 2.49. The van der Waals surface area contributed by atoms with Crippen LogP contribution in [-0.2, 0) is 21.2 Å². The number of rotatable bonds is 7. The first kappa shape index (κ1) is 37.2. The zero-order chi connectivity index (χ0) is 39.6. The van der Waals surface area contributed by atoms with Crippen LogP contribution in [0.1, 0.15) is 91.5 Å². The maximum absolute atomic E-state index is 6.98. The summed E-state index contributed by atoms with van der Waals surface area (Å²) in [5.41, 5.74) is 7.10. The second-order valence-corrected chi connectivity index (χ2v) is 17.9. The number of ether oxygens (including phenoxy) is 2. The van der Waals surface area contributed by atoms with E-state index in [-0.39, 0.29) is 16.7 Å². The van der Waals surface area contributed by atoms with Gasteiger partial charge in [0, 0.05) is 40.4 Å². The van der Waals surface area contributed by atoms with Gasteiger partial charge in [-0.3, -0.25) is 9.55 Å². The van der Waals surface area contributed by atoms with E-state index in [2.05, 4.69) is 153 Å². The molecule has 56 heavy (non-hydrogen) atoms. The van der Waals surface area contributed by atoms with Crippen LogP contribution in [0.5, 0.6) is 11.5 Å². The van der Waals surface area contributed by atoms with E-state index in [4.69, 9.17) is 24.4 Å². The summed E-state index contributed by atoms with van der Waals surface area (Å²) in [5.74, 6) is 3.05. The smallest absolute Gasteiger partial charge is 0.217 e. The van der Waals surface area contributed by atoms with Crippen molar-refractivity contribution in [1.29, 1.82) is 0 Å². The predicted molar refractivity (Wildman–Crippen MR) is 230 cm³/mol. The molecular formula is C50H52N4O2. The van der Waals surface area contributed by atoms with Gasteiger partial charge in [-0.1, -0.05) is 97.9 Å². The number of hydrogen-bond acceptors (Lipinski definition) is 5. The van der Waals surface area contributed by atoms with Crippen LogP contribution in [0.3, 0.4) is 0 Å². The molecule has 6 nitrogen and oxygen atoms in total. The quantitative estimate of drug-likeness (QED) is 0.163. The summed E-state index contributed by atoms with van der Waals surface area (Å²) in [6, 6.07) is 40.1. The van der Waals surface area contributed by atoms with Crippen molar-refractivity contribution in [1.82, 2.24) is 14.5 Å². The Bertz CT molecular complexity index is 2610. The van der Waals surface area contributed by atoms with Crippen LogP contribution in [0.15, 0.2) is 133 Å². The third-order valence-electron chi connectivity index (χ3n) is 11.8. The van der Waals surface area contributed by atoms with E-state index in [0.29, 0.717) is 17.4 Å². The van der Waals surface area contributed by atoms with Crippen molar-refractivity contribution < 1.29 is 9.47 Å². The second kappa shape index (κ2) is 13.5. The third-order valence-corrected chi connectivity index (χ3v) is 11.8. The van der Waals surface area contributed by atoms with Gasteiger partial charge in [0.05, 0.1) is 16.7 Å². The van der Waals surface area contributed by atoms with Crippen molar-refractivity contribution in [2.45, 2.75) is 91.2 Å². The zero-order valence-electron chi connectivity index (χ0n) is 34.3. The first-order chi connectivity index (χ1) is 26.5. The van der Waals surface area contributed by atoms with Gasteiger partial charge in [0.25, 0.3) is 0 Å². The topological polar surface area (TPSA) is 61.5 Å². The van der Waals surface area contributed by atoms with E-state index >= 15 is 0 Å². The number of nitrogens with zero attached hydrogens (tertiary/aromatic N) is 4. The van der Waals surface area contributed by atoms with E-state index in [1.54, 1.807) is 0 Å². The molecule has 284 valence electrons. The van der Waals surface area contributed by atoms with Crippen molar-refractivity contribution >= 4 is 27.7 Å². The standard InChI is InChI=1S/C50H52N4O2/c1-32(2)49(9)50(10,35-16-12-11-13-17-35)56-46(53-49)34-26-33(42-18-14-15-24-51-42)27-39(28-34)55-38-20-21-40-41-29-36(47(3,4)5)19-22-43(41)54(44(40)31-38)45-30-37(23-25-52-45)48(6,7)8/h11-32H,1-10H3/t49-,50-/m1/s1. The Morgan fingerprint density at radius 1 is 0.625 bits per heavy atom. The lowest BCUT2D eigenvalue weighted by Crippen LogP contribution is -2.47. The molecule has 0 fully saturated rings. The third kappa shape index (κ3) is 6.45. The van der Waals surface area contributed by atoms with Gasteiger partial charge >= 0.3 is 0 Å². The summed E-state index contributed by atoms with van der Waals surface area (Å²) < 4.78 is 16.1. The maximum atomic E-state index is 6.98. The molecule has 0 spiro atoms. The molecule has 0 bridgehead atoms. The lowest BCUT2D eigenvalue weighted by Gasteiger charge is -2.40. The second-order valence-electron chi connectivity index (χ2n) is 17.9. The van der Waals surface area contributed by atoms with Crippen molar-refractivity contribution in [3.05, 3.63) is 150 Å². The highest BCUT2D eigenvalue weighted by atomic mass is 16.5. The van der Waals surface area contributed by atoms with Gasteiger partial charge in [0.15, 0.2) is 5.60 Å². The van der Waals surface area contributed by atoms with Gasteiger partial charge in [0.1, 0.15) is 22.9 Å². The highest BCUT2D eigenvalue weighted by Gasteiger charge is 2.55. The average Bonchev–Trinajstić information content (AvgIpc) is 3.66. The van der Waals surface area contributed by atoms with Crippen LogP contribution in [0, 0.1) is 5.92 Å². The minimum atomic E-state index is -0.677. The molecule has 0 radical (unpaired) electrons. The Morgan fingerprint density at radius 3 is 2.04 bits per heavy atom. The molecule has 0 amide bonds. The summed E-state index contributed by atoms with van der Waals surface area (Å²) in [4.78, 5) is 15.0. The number of fused-ring (bicyclic) bond motifs is 3. The van der Waals surface area contributed by atoms with Crippen LogP contribution in [0.4, 0.5) is 0 Å². The van der Waals surface area contributed by atoms with Crippen molar-refractivity contribution in [2.75, 3.05) is 0 Å². The Balaban J connectivity index is 1.27. The first-order valence-electron chi connectivity index (χ1n) is 19.7. The van der Waals surface area contributed by atoms with Crippen LogP contribution < -0.4 is 4.74 Å². The molecule has 3 aromatic heterocycles. The lowest BCUT2D eigenvalue weighted by molar-refractivity contribution is 0.00858. The Kier molecular flexibility index (Phi) is 8.95. The SMILES string of the molecule is CC(C)[C@@]1(C)N=C(c2cc(Oc3ccc4c5cc(C(C)(C)C)ccc5n(-c5cc(C(C)(C)C)ccn5)c4c3)cc(-c3ccccn3)c2)O[C@]1(C)c1ccccc1. The Morgan fingerprint density at radius 2 is 1.34 bits per heavy atom. The fourth-order valence-corrected chi connectivity index (χ4v) is 7.93. The van der Waals surface area contributed by atoms with Crippen molar-refractivity contribution in [3.8, 4) is 28.6 Å². The van der Waals surface area contributed by atoms with Gasteiger partial charge in [0.2, 0.25) is 5.90 Å². The van der Waals surface area contributed by atoms with Gasteiger partial charge < -0.3 is 9.47 Å². The first-order valence-corrected chi connectivity index (χ1v) is 19.7. The summed E-state index contributed by atoms with van der Waals surface area (Å²) >= 11 is 0. The van der Waals surface area contributed by atoms with E-state index < -0.39 is 11.1 Å². The van der Waals surface area contributed by atoms with Gasteiger partial charge in [-0.05, 0) is 114 Å². The highest BCUT2D eigenvalue weighted by molar-refractivity contribution is 6.10. The van der Waals surface area contributed by atoms with E-state index in [1.165, 1.54) is 16.5 Å². The summed E-state index contributed by atoms with van der Waals surface area (Å²) in [6.45, 7) is 22.3. The van der Waals surface area contributed by atoms with E-state index in [0.717, 1.165) is 44.6 Å². The molecule has 7 aromatic rings. The molecule has 0 saturated carbocycles. The number of aromatic nitrogens is 3. The van der Waals surface area contributed by atoms with E-state index in [1.807, 2.05) is 48.8 Å². The van der Waals surface area contributed by atoms with E-state index in [9.17, 15) is 0 Å². The Labute approximate surface area is 331 Å². The molecular weight excluding hydrogens is 689 g/mol. The van der Waals surface area contributed by atoms with Gasteiger partial charge in [-0.25, -0.2) is 9.98 Å². The molecule has 0 saturated heterocycles. The molecule has 0 N–H and O–H groups in total. The minimum absolute atomic E-state index is 0.00483. The fourth-order valence-electron chi connectivity index (χ4n) is 7.93. The molecule has 4 aromatic carbocycles. The molecule has 6 heteroatoms. The van der Waals surface area contributed by atoms with Crippen molar-refractivity contribution in [3.63, 3.8) is 0 Å². The molecule has 1 aliphatic rings. The van der Waals surface area contributed by atoms with Crippen LogP contribution in [0.25, 0.3) is 38.9 Å². The molecule has 2 atom stereocenters. The number of hydrogen-bond donors (Lipinski definition) is 0. The summed E-state index contributed by atoms with van der Waals surface area (Å²) in [6.07, 6.45) is 3.73. The zero-order valence-corrected chi connectivity index (χ0v) is 34.3. The van der Waals surface area contributed by atoms with Crippen LogP contribution in [0.2, 0.25) is 0 Å². The normalized spacial score (nSPS) is 18.7. The molecule has 8 rings (SSSR count). The van der Waals surface area contributed by atoms with Crippen LogP contribution in [-0.4, -0.2) is 26.0 Å². The average molecular weight is 741 g/mol. The minimum Gasteiger partial charge on any atom is -0.464 e. The summed E-state index contributed by atoms with van der Waals surface area (Å²) in [5, 5.41) is 2.33. The van der Waals surface area contributed by atoms with Gasteiger partial charge in [-0.15, -0.1) is 0 Å². The summed E-state index contributed by atoms with van der Waals surface area (Å²) in [7, 11) is 0. The number of pyridine rings is 2. The van der Waals surface area contributed by atoms with Gasteiger partial charge in [-0.2, -0.15) is 0 Å². The number of aliphatic imine (C=N–C) groups is 1. The molecule has 0 unspecified atom stereocenters.